The van der Waals surface area contributed by atoms with Crippen LogP contribution in [0.1, 0.15) is 56.3 Å². The highest BCUT2D eigenvalue weighted by Crippen LogP contribution is 2.35. The molecule has 0 heterocycles. The number of ether oxygens (including phenoxy) is 1. The summed E-state index contributed by atoms with van der Waals surface area (Å²) in [7, 11) is 2.03. The van der Waals surface area contributed by atoms with E-state index in [1.807, 2.05) is 7.05 Å². The molecule has 0 aromatic heterocycles. The summed E-state index contributed by atoms with van der Waals surface area (Å²) in [4.78, 5) is 0. The minimum atomic E-state index is -0.121. The van der Waals surface area contributed by atoms with Crippen LogP contribution < -0.4 is 5.32 Å². The zero-order valence-corrected chi connectivity index (χ0v) is 13.3. The second-order valence-corrected chi connectivity index (χ2v) is 5.35. The predicted octanol–water partition coefficient (Wildman–Crippen LogP) is 4.16. The third-order valence-corrected chi connectivity index (χ3v) is 4.02. The molecule has 0 amide bonds. The Morgan fingerprint density at radius 3 is 1.95 bits per heavy atom. The Morgan fingerprint density at radius 1 is 1.05 bits per heavy atom. The van der Waals surface area contributed by atoms with Gasteiger partial charge < -0.3 is 10.1 Å². The largest absolute Gasteiger partial charge is 0.373 e. The molecule has 2 heteroatoms. The lowest BCUT2D eigenvalue weighted by atomic mass is 9.83. The summed E-state index contributed by atoms with van der Waals surface area (Å²) in [6.07, 6.45) is 2.02. The van der Waals surface area contributed by atoms with Crippen LogP contribution in [0.5, 0.6) is 0 Å². The van der Waals surface area contributed by atoms with E-state index >= 15 is 0 Å². The second-order valence-electron chi connectivity index (χ2n) is 5.35. The first-order valence-electron chi connectivity index (χ1n) is 7.42. The molecule has 1 N–H and O–H groups in total. The average molecular weight is 263 g/mol. The maximum absolute atomic E-state index is 6.15. The van der Waals surface area contributed by atoms with Crippen LogP contribution in [0.25, 0.3) is 0 Å². The lowest BCUT2D eigenvalue weighted by molar-refractivity contribution is -0.0717. The van der Waals surface area contributed by atoms with E-state index in [0.717, 1.165) is 19.4 Å². The van der Waals surface area contributed by atoms with Crippen LogP contribution >= 0.6 is 0 Å². The van der Waals surface area contributed by atoms with E-state index in [1.54, 1.807) is 0 Å². The van der Waals surface area contributed by atoms with E-state index in [-0.39, 0.29) is 11.6 Å². The quantitative estimate of drug-likeness (QED) is 0.797. The molecular formula is C17H29NO. The zero-order valence-electron chi connectivity index (χ0n) is 13.3. The van der Waals surface area contributed by atoms with Crippen LogP contribution in [-0.4, -0.2) is 19.3 Å². The van der Waals surface area contributed by atoms with E-state index in [2.05, 4.69) is 58.1 Å². The highest BCUT2D eigenvalue weighted by atomic mass is 16.5. The molecule has 0 aliphatic heterocycles. The van der Waals surface area contributed by atoms with E-state index in [0.29, 0.717) is 0 Å². The zero-order chi connectivity index (χ0) is 14.5. The van der Waals surface area contributed by atoms with Crippen molar-refractivity contribution in [3.8, 4) is 0 Å². The number of rotatable bonds is 7. The van der Waals surface area contributed by atoms with Gasteiger partial charge in [-0.25, -0.2) is 0 Å². The monoisotopic (exact) mass is 263 g/mol. The maximum atomic E-state index is 6.15. The molecule has 1 aromatic rings. The molecule has 1 atom stereocenters. The van der Waals surface area contributed by atoms with Crippen LogP contribution in [-0.2, 0) is 4.74 Å². The van der Waals surface area contributed by atoms with Crippen molar-refractivity contribution in [2.45, 2.75) is 59.1 Å². The van der Waals surface area contributed by atoms with Crippen LogP contribution in [0.3, 0.4) is 0 Å². The molecule has 1 rings (SSSR count). The first kappa shape index (κ1) is 16.2. The predicted molar refractivity (Wildman–Crippen MR) is 82.7 cm³/mol. The minimum absolute atomic E-state index is 0.121. The van der Waals surface area contributed by atoms with E-state index in [9.17, 15) is 0 Å². The fourth-order valence-electron chi connectivity index (χ4n) is 3.14. The summed E-state index contributed by atoms with van der Waals surface area (Å²) < 4.78 is 6.15. The SMILES string of the molecule is CCOC(CC)(CC)C(NC)c1cc(C)cc(C)c1. The smallest absolute Gasteiger partial charge is 0.0870 e. The molecule has 2 nitrogen and oxygen atoms in total. The molecule has 0 spiro atoms. The van der Waals surface area contributed by atoms with Gasteiger partial charge in [-0.2, -0.15) is 0 Å². The Hall–Kier alpha value is -0.860. The third kappa shape index (κ3) is 3.58. The van der Waals surface area contributed by atoms with Gasteiger partial charge in [0.05, 0.1) is 11.6 Å². The highest BCUT2D eigenvalue weighted by molar-refractivity contribution is 5.32. The second kappa shape index (κ2) is 7.06. The molecule has 0 aliphatic rings. The standard InChI is InChI=1S/C17H29NO/c1-7-17(8-2,19-9-3)16(18-6)15-11-13(4)10-14(5)12-15/h10-12,16,18H,7-9H2,1-6H3. The van der Waals surface area contributed by atoms with Gasteiger partial charge in [-0.3, -0.25) is 0 Å². The van der Waals surface area contributed by atoms with Gasteiger partial charge in [0.25, 0.3) is 0 Å². The summed E-state index contributed by atoms with van der Waals surface area (Å²) in [6.45, 7) is 11.6. The summed E-state index contributed by atoms with van der Waals surface area (Å²) in [5.41, 5.74) is 3.84. The lowest BCUT2D eigenvalue weighted by Crippen LogP contribution is -2.44. The molecule has 19 heavy (non-hydrogen) atoms. The third-order valence-electron chi connectivity index (χ3n) is 4.02. The summed E-state index contributed by atoms with van der Waals surface area (Å²) >= 11 is 0. The number of nitrogens with one attached hydrogen (secondary N) is 1. The van der Waals surface area contributed by atoms with Crippen LogP contribution in [0.15, 0.2) is 18.2 Å². The van der Waals surface area contributed by atoms with E-state index in [1.165, 1.54) is 16.7 Å². The Kier molecular flexibility index (Phi) is 6.02. The number of aryl methyl sites for hydroxylation is 2. The first-order valence-corrected chi connectivity index (χ1v) is 7.42. The fraction of sp³-hybridized carbons (Fsp3) is 0.647. The van der Waals surface area contributed by atoms with Gasteiger partial charge in [0.1, 0.15) is 0 Å². The normalized spacial score (nSPS) is 13.6. The van der Waals surface area contributed by atoms with Crippen molar-refractivity contribution < 1.29 is 4.74 Å². The number of hydrogen-bond acceptors (Lipinski definition) is 2. The molecule has 1 unspecified atom stereocenters. The Morgan fingerprint density at radius 2 is 1.58 bits per heavy atom. The van der Waals surface area contributed by atoms with Crippen LogP contribution in [0.4, 0.5) is 0 Å². The number of hydrogen-bond donors (Lipinski definition) is 1. The van der Waals surface area contributed by atoms with E-state index in [4.69, 9.17) is 4.74 Å². The van der Waals surface area contributed by atoms with Crippen LogP contribution in [0.2, 0.25) is 0 Å². The van der Waals surface area contributed by atoms with Crippen molar-refractivity contribution in [3.63, 3.8) is 0 Å². The fourth-order valence-corrected chi connectivity index (χ4v) is 3.14. The molecule has 0 saturated carbocycles. The topological polar surface area (TPSA) is 21.3 Å². The molecule has 0 fully saturated rings. The average Bonchev–Trinajstić information content (AvgIpc) is 2.37. The first-order chi connectivity index (χ1) is 9.02. The van der Waals surface area contributed by atoms with Gasteiger partial charge >= 0.3 is 0 Å². The molecule has 0 bridgehead atoms. The van der Waals surface area contributed by atoms with Gasteiger partial charge in [0.2, 0.25) is 0 Å². The molecule has 0 aliphatic carbocycles. The van der Waals surface area contributed by atoms with Crippen molar-refractivity contribution in [1.29, 1.82) is 0 Å². The number of benzene rings is 1. The molecule has 1 aromatic carbocycles. The molecular weight excluding hydrogens is 234 g/mol. The van der Waals surface area contributed by atoms with Gasteiger partial charge in [-0.1, -0.05) is 43.2 Å². The Bertz CT molecular complexity index is 376. The molecule has 108 valence electrons. The van der Waals surface area contributed by atoms with Crippen LogP contribution in [0, 0.1) is 13.8 Å². The minimum Gasteiger partial charge on any atom is -0.373 e. The lowest BCUT2D eigenvalue weighted by Gasteiger charge is -2.40. The number of likely N-dealkylation sites (N-methyl/N-ethyl adjacent to an activating group) is 1. The van der Waals surface area contributed by atoms with Gasteiger partial charge in [0, 0.05) is 6.61 Å². The van der Waals surface area contributed by atoms with Crippen molar-refractivity contribution >= 4 is 0 Å². The Balaban J connectivity index is 3.22. The van der Waals surface area contributed by atoms with Crippen molar-refractivity contribution in [3.05, 3.63) is 34.9 Å². The van der Waals surface area contributed by atoms with Crippen molar-refractivity contribution in [1.82, 2.24) is 5.32 Å². The van der Waals surface area contributed by atoms with Gasteiger partial charge in [0.15, 0.2) is 0 Å². The highest BCUT2D eigenvalue weighted by Gasteiger charge is 2.36. The van der Waals surface area contributed by atoms with Crippen molar-refractivity contribution in [2.75, 3.05) is 13.7 Å². The van der Waals surface area contributed by atoms with Gasteiger partial charge in [-0.15, -0.1) is 0 Å². The van der Waals surface area contributed by atoms with E-state index < -0.39 is 0 Å². The summed E-state index contributed by atoms with van der Waals surface area (Å²) in [6, 6.07) is 7.00. The summed E-state index contributed by atoms with van der Waals surface area (Å²) in [5, 5.41) is 3.48. The van der Waals surface area contributed by atoms with Gasteiger partial charge in [-0.05, 0) is 46.2 Å². The summed E-state index contributed by atoms with van der Waals surface area (Å²) in [5.74, 6) is 0. The maximum Gasteiger partial charge on any atom is 0.0870 e. The molecule has 0 saturated heterocycles. The Labute approximate surface area is 118 Å². The molecule has 0 radical (unpaired) electrons. The van der Waals surface area contributed by atoms with Crippen molar-refractivity contribution in [2.24, 2.45) is 0 Å².